The van der Waals surface area contributed by atoms with Crippen molar-refractivity contribution in [2.75, 3.05) is 20.6 Å². The summed E-state index contributed by atoms with van der Waals surface area (Å²) < 4.78 is 1.33. The molecule has 1 aromatic rings. The van der Waals surface area contributed by atoms with Crippen LogP contribution >= 0.6 is 11.6 Å². The zero-order valence-electron chi connectivity index (χ0n) is 13.7. The lowest BCUT2D eigenvalue weighted by Gasteiger charge is -2.25. The minimum Gasteiger partial charge on any atom is -0.307 e. The van der Waals surface area contributed by atoms with E-state index >= 15 is 0 Å². The van der Waals surface area contributed by atoms with Crippen LogP contribution in [0.5, 0.6) is 0 Å². The predicted molar refractivity (Wildman–Crippen MR) is 87.5 cm³/mol. The first kappa shape index (κ1) is 18.0. The number of nitrogens with one attached hydrogen (secondary N) is 1. The Kier molecular flexibility index (Phi) is 6.23. The fourth-order valence-electron chi connectivity index (χ4n) is 2.60. The summed E-state index contributed by atoms with van der Waals surface area (Å²) in [6, 6.07) is -0.161. The Hall–Kier alpha value is -1.07. The Morgan fingerprint density at radius 1 is 1.19 bits per heavy atom. The van der Waals surface area contributed by atoms with Gasteiger partial charge in [0.2, 0.25) is 0 Å². The van der Waals surface area contributed by atoms with Crippen LogP contribution in [0.25, 0.3) is 0 Å². The predicted octanol–water partition coefficient (Wildman–Crippen LogP) is 2.46. The highest BCUT2D eigenvalue weighted by Gasteiger charge is 2.22. The lowest BCUT2D eigenvalue weighted by Crippen LogP contribution is -2.43. The highest BCUT2D eigenvalue weighted by atomic mass is 35.5. The van der Waals surface area contributed by atoms with Gasteiger partial charge in [-0.15, -0.1) is 0 Å². The average molecular weight is 316 g/mol. The summed E-state index contributed by atoms with van der Waals surface area (Å²) in [5.41, 5.74) is -0.225. The minimum atomic E-state index is -0.429. The molecule has 1 atom stereocenters. The Bertz CT molecular complexity index is 578. The van der Waals surface area contributed by atoms with Gasteiger partial charge in [0, 0.05) is 6.54 Å². The Morgan fingerprint density at radius 3 is 2.19 bits per heavy atom. The molecule has 1 unspecified atom stereocenters. The number of nitrogens with zero attached hydrogens (tertiary/aromatic N) is 2. The van der Waals surface area contributed by atoms with Gasteiger partial charge in [0.25, 0.3) is 5.56 Å². The van der Waals surface area contributed by atoms with Gasteiger partial charge in [0.15, 0.2) is 0 Å². The van der Waals surface area contributed by atoms with Gasteiger partial charge in [-0.3, -0.25) is 14.3 Å². The molecule has 1 rings (SSSR count). The fraction of sp³-hybridized carbons (Fsp3) is 0.733. The average Bonchev–Trinajstić information content (AvgIpc) is 2.24. The minimum absolute atomic E-state index is 0.0350. The number of likely N-dealkylation sites (N-methyl/N-ethyl adjacent to an activating group) is 1. The molecule has 0 aliphatic heterocycles. The zero-order valence-corrected chi connectivity index (χ0v) is 14.5. The largest absolute Gasteiger partial charge is 0.329 e. The number of rotatable bonds is 6. The molecule has 0 fully saturated rings. The molecule has 0 saturated heterocycles. The molecule has 1 aromatic heterocycles. The standard InChI is InChI=1S/C15H26ClN3O2/c1-9(2)7-11(8-18(5)6)19-14(20)12(10(3)4)13(16)17-15(19)21/h9-11H,7-8H2,1-6H3,(H,17,21). The second kappa shape index (κ2) is 7.27. The molecule has 0 saturated carbocycles. The van der Waals surface area contributed by atoms with Gasteiger partial charge >= 0.3 is 5.69 Å². The SMILES string of the molecule is CC(C)CC(CN(C)C)n1c(=O)[nH]c(Cl)c(C(C)C)c1=O. The highest BCUT2D eigenvalue weighted by Crippen LogP contribution is 2.20. The van der Waals surface area contributed by atoms with Crippen LogP contribution in [0.15, 0.2) is 9.59 Å². The summed E-state index contributed by atoms with van der Waals surface area (Å²) in [5, 5.41) is 0.157. The zero-order chi connectivity index (χ0) is 16.3. The van der Waals surface area contributed by atoms with Crippen molar-refractivity contribution in [1.29, 1.82) is 0 Å². The van der Waals surface area contributed by atoms with Gasteiger partial charge in [-0.25, -0.2) is 4.79 Å². The van der Waals surface area contributed by atoms with Crippen LogP contribution < -0.4 is 11.2 Å². The molecule has 6 heteroatoms. The van der Waals surface area contributed by atoms with E-state index in [1.165, 1.54) is 4.57 Å². The first-order valence-electron chi connectivity index (χ1n) is 7.34. The molecule has 1 heterocycles. The van der Waals surface area contributed by atoms with Crippen molar-refractivity contribution in [1.82, 2.24) is 14.5 Å². The van der Waals surface area contributed by atoms with E-state index in [-0.39, 0.29) is 22.7 Å². The topological polar surface area (TPSA) is 58.1 Å². The van der Waals surface area contributed by atoms with E-state index in [2.05, 4.69) is 18.8 Å². The van der Waals surface area contributed by atoms with E-state index < -0.39 is 5.69 Å². The van der Waals surface area contributed by atoms with E-state index in [4.69, 9.17) is 11.6 Å². The molecule has 120 valence electrons. The molecule has 21 heavy (non-hydrogen) atoms. The van der Waals surface area contributed by atoms with Gasteiger partial charge in [-0.1, -0.05) is 39.3 Å². The van der Waals surface area contributed by atoms with Crippen molar-refractivity contribution < 1.29 is 0 Å². The number of hydrogen-bond donors (Lipinski definition) is 1. The normalized spacial score (nSPS) is 13.4. The maximum Gasteiger partial charge on any atom is 0.329 e. The molecule has 0 radical (unpaired) electrons. The third-order valence-corrected chi connectivity index (χ3v) is 3.68. The lowest BCUT2D eigenvalue weighted by atomic mass is 10.0. The molecular formula is C15H26ClN3O2. The first-order valence-corrected chi connectivity index (χ1v) is 7.71. The summed E-state index contributed by atoms with van der Waals surface area (Å²) in [5.74, 6) is 0.353. The van der Waals surface area contributed by atoms with Gasteiger partial charge in [-0.2, -0.15) is 0 Å². The summed E-state index contributed by atoms with van der Waals surface area (Å²) in [4.78, 5) is 29.5. The van der Waals surface area contributed by atoms with Crippen LogP contribution in [0.1, 0.15) is 51.6 Å². The molecule has 0 amide bonds. The third kappa shape index (κ3) is 4.45. The number of hydrogen-bond acceptors (Lipinski definition) is 3. The first-order chi connectivity index (χ1) is 9.65. The van der Waals surface area contributed by atoms with Gasteiger partial charge in [0.05, 0.1) is 11.6 Å². The van der Waals surface area contributed by atoms with Gasteiger partial charge < -0.3 is 4.90 Å². The second-order valence-corrected chi connectivity index (χ2v) is 6.91. The Balaban J connectivity index is 3.47. The van der Waals surface area contributed by atoms with E-state index in [1.807, 2.05) is 32.8 Å². The second-order valence-electron chi connectivity index (χ2n) is 6.53. The summed E-state index contributed by atoms with van der Waals surface area (Å²) in [7, 11) is 3.87. The molecular weight excluding hydrogens is 290 g/mol. The maximum atomic E-state index is 12.7. The monoisotopic (exact) mass is 315 g/mol. The molecule has 0 aliphatic carbocycles. The molecule has 5 nitrogen and oxygen atoms in total. The van der Waals surface area contributed by atoms with Crippen molar-refractivity contribution in [3.05, 3.63) is 31.6 Å². The van der Waals surface area contributed by atoms with Crippen molar-refractivity contribution in [2.24, 2.45) is 5.92 Å². The Morgan fingerprint density at radius 2 is 1.76 bits per heavy atom. The van der Waals surface area contributed by atoms with Gasteiger partial charge in [0.1, 0.15) is 5.15 Å². The van der Waals surface area contributed by atoms with Crippen LogP contribution in [-0.4, -0.2) is 35.1 Å². The van der Waals surface area contributed by atoms with Gasteiger partial charge in [-0.05, 0) is 32.4 Å². The summed E-state index contributed by atoms with van der Waals surface area (Å²) >= 11 is 6.04. The molecule has 0 aromatic carbocycles. The highest BCUT2D eigenvalue weighted by molar-refractivity contribution is 6.30. The van der Waals surface area contributed by atoms with Crippen LogP contribution in [-0.2, 0) is 0 Å². The van der Waals surface area contributed by atoms with Crippen LogP contribution in [0, 0.1) is 5.92 Å². The molecule has 1 N–H and O–H groups in total. The number of aromatic amines is 1. The summed E-state index contributed by atoms with van der Waals surface area (Å²) in [6.07, 6.45) is 0.764. The molecule has 0 spiro atoms. The van der Waals surface area contributed by atoms with E-state index in [9.17, 15) is 9.59 Å². The van der Waals surface area contributed by atoms with Crippen LogP contribution in [0.2, 0.25) is 5.15 Å². The molecule has 0 bridgehead atoms. The number of H-pyrrole nitrogens is 1. The van der Waals surface area contributed by atoms with Crippen LogP contribution in [0.4, 0.5) is 0 Å². The van der Waals surface area contributed by atoms with Crippen molar-refractivity contribution in [2.45, 2.75) is 46.1 Å². The number of aromatic nitrogens is 2. The lowest BCUT2D eigenvalue weighted by molar-refractivity contribution is 0.277. The maximum absolute atomic E-state index is 12.7. The Labute approximate surface area is 130 Å². The van der Waals surface area contributed by atoms with E-state index in [1.54, 1.807) is 0 Å². The third-order valence-electron chi connectivity index (χ3n) is 3.38. The number of halogens is 1. The van der Waals surface area contributed by atoms with Crippen molar-refractivity contribution in [3.63, 3.8) is 0 Å². The smallest absolute Gasteiger partial charge is 0.307 e. The fourth-order valence-corrected chi connectivity index (χ4v) is 2.98. The van der Waals surface area contributed by atoms with Crippen molar-refractivity contribution >= 4 is 11.6 Å². The summed E-state index contributed by atoms with van der Waals surface area (Å²) in [6.45, 7) is 8.60. The van der Waals surface area contributed by atoms with E-state index in [0.29, 0.717) is 18.0 Å². The van der Waals surface area contributed by atoms with Crippen LogP contribution in [0.3, 0.4) is 0 Å². The van der Waals surface area contributed by atoms with E-state index in [0.717, 1.165) is 6.42 Å². The van der Waals surface area contributed by atoms with Crippen molar-refractivity contribution in [3.8, 4) is 0 Å². The quantitative estimate of drug-likeness (QED) is 0.820. The molecule has 0 aliphatic rings.